The normalized spacial score (nSPS) is 12.3. The maximum atomic E-state index is 3.92. The largest absolute Gasteiger partial charge is 0.146 e. The van der Waals surface area contributed by atoms with Crippen molar-refractivity contribution in [2.24, 2.45) is 0 Å². The molecule has 0 amide bonds. The minimum absolute atomic E-state index is 0.549. The van der Waals surface area contributed by atoms with Crippen LogP contribution in [0.2, 0.25) is 66.5 Å². The average Bonchev–Trinajstić information content (AvgIpc) is 3.04. The first-order valence-corrected chi connectivity index (χ1v) is 31.2. The maximum Gasteiger partial charge on any atom is 0.146 e. The summed E-state index contributed by atoms with van der Waals surface area (Å²) in [7, 11) is -7.81. The highest BCUT2D eigenvalue weighted by Gasteiger charge is 2.44. The van der Waals surface area contributed by atoms with Crippen molar-refractivity contribution in [1.29, 1.82) is 0 Å². The van der Waals surface area contributed by atoms with Crippen molar-refractivity contribution in [3.8, 4) is 69.5 Å². The minimum Gasteiger partial charge on any atom is -0.124 e. The van der Waals surface area contributed by atoms with Crippen LogP contribution in [0.4, 0.5) is 0 Å². The summed E-state index contributed by atoms with van der Waals surface area (Å²) in [5.74, 6) is 27.4. The molecule has 0 radical (unpaired) electrons. The van der Waals surface area contributed by atoms with Gasteiger partial charge in [-0.2, -0.15) is 0 Å². The van der Waals surface area contributed by atoms with E-state index >= 15 is 0 Å². The van der Waals surface area contributed by atoms with Gasteiger partial charge in [0.25, 0.3) is 0 Å². The van der Waals surface area contributed by atoms with E-state index in [1.807, 2.05) is 12.2 Å². The van der Waals surface area contributed by atoms with E-state index in [0.717, 1.165) is 11.1 Å². The Kier molecular flexibility index (Phi) is 22.4. The second kappa shape index (κ2) is 23.3. The Balaban J connectivity index is 7.94. The summed E-state index contributed by atoms with van der Waals surface area (Å²) in [5, 5.41) is 0. The molecule has 0 aromatic rings. The van der Waals surface area contributed by atoms with Crippen LogP contribution in [0.1, 0.15) is 166 Å². The first kappa shape index (κ1) is 53.7. The van der Waals surface area contributed by atoms with Gasteiger partial charge in [-0.15, -0.1) is 22.2 Å². The van der Waals surface area contributed by atoms with E-state index in [2.05, 4.69) is 236 Å². The van der Waals surface area contributed by atoms with Crippen LogP contribution in [0, 0.1) is 69.5 Å². The van der Waals surface area contributed by atoms with Crippen molar-refractivity contribution < 1.29 is 0 Å². The van der Waals surface area contributed by atoms with Crippen LogP contribution in [0.15, 0.2) is 23.3 Å². The van der Waals surface area contributed by atoms with Gasteiger partial charge in [-0.1, -0.05) is 202 Å². The van der Waals surface area contributed by atoms with Gasteiger partial charge >= 0.3 is 0 Å². The zero-order chi connectivity index (χ0) is 44.0. The second-order valence-corrected chi connectivity index (χ2v) is 42.6. The van der Waals surface area contributed by atoms with Crippen LogP contribution in [-0.2, 0) is 0 Å². The monoisotopic (exact) mass is 823 g/mol. The summed E-state index contributed by atoms with van der Waals surface area (Å²) in [6.07, 6.45) is 3.86. The molecule has 0 aliphatic heterocycles. The van der Waals surface area contributed by atoms with Gasteiger partial charge in [0.1, 0.15) is 32.3 Å². The van der Waals surface area contributed by atoms with E-state index in [1.54, 1.807) is 0 Å². The molecule has 56 heavy (non-hydrogen) atoms. The van der Waals surface area contributed by atoms with Crippen LogP contribution in [0.3, 0.4) is 0 Å². The lowest BCUT2D eigenvalue weighted by atomic mass is 10.2. The minimum atomic E-state index is -1.95. The Bertz CT molecular complexity index is 1400. The summed E-state index contributed by atoms with van der Waals surface area (Å²) in [6, 6.07) is 0. The Morgan fingerprint density at radius 2 is 0.411 bits per heavy atom. The number of rotatable bonds is 12. The lowest BCUT2D eigenvalue weighted by Gasteiger charge is -2.38. The van der Waals surface area contributed by atoms with E-state index in [-0.39, 0.29) is 0 Å². The maximum absolute atomic E-state index is 3.92. The van der Waals surface area contributed by atoms with Crippen molar-refractivity contribution in [3.63, 3.8) is 0 Å². The zero-order valence-electron chi connectivity index (χ0n) is 41.1. The topological polar surface area (TPSA) is 0 Å². The number of hydrogen-bond acceptors (Lipinski definition) is 0. The molecule has 0 rings (SSSR count). The van der Waals surface area contributed by atoms with Gasteiger partial charge in [0.15, 0.2) is 0 Å². The summed E-state index contributed by atoms with van der Waals surface area (Å²) in [6.45, 7) is 56.7. The van der Waals surface area contributed by atoms with E-state index in [9.17, 15) is 0 Å². The molecular weight excluding hydrogens is 737 g/mol. The van der Waals surface area contributed by atoms with Crippen molar-refractivity contribution in [2.75, 3.05) is 0 Å². The molecular formula is C52H86Si4. The first-order valence-electron chi connectivity index (χ1n) is 22.2. The second-order valence-electron chi connectivity index (χ2n) is 20.2. The third-order valence-electron chi connectivity index (χ3n) is 13.8. The lowest BCUT2D eigenvalue weighted by molar-refractivity contribution is 0.838. The molecule has 0 spiro atoms. The smallest absolute Gasteiger partial charge is 0.124 e. The molecule has 0 unspecified atom stereocenters. The van der Waals surface area contributed by atoms with E-state index in [0.29, 0.717) is 66.5 Å². The molecule has 0 aromatic heterocycles. The summed E-state index contributed by atoms with van der Waals surface area (Å²) in [4.78, 5) is 0. The molecule has 0 aliphatic rings. The van der Waals surface area contributed by atoms with Crippen molar-refractivity contribution in [3.05, 3.63) is 23.3 Å². The van der Waals surface area contributed by atoms with Gasteiger partial charge < -0.3 is 0 Å². The van der Waals surface area contributed by atoms with Crippen LogP contribution < -0.4 is 0 Å². The van der Waals surface area contributed by atoms with Crippen molar-refractivity contribution in [1.82, 2.24) is 0 Å². The Hall–Kier alpha value is -2.29. The molecule has 0 nitrogen and oxygen atoms in total. The predicted octanol–water partition coefficient (Wildman–Crippen LogP) is 15.7. The molecule has 0 aliphatic carbocycles. The SMILES string of the molecule is CC(C)[Si](C#CC(C#C[Si](C(C)C)(C(C)C)C(C)C)=CC#CC#CC=C(C#C[Si](C(C)C)(C(C)C)C(C)C)C#C[Si](C(C)C)(C(C)C)C(C)C)(C(C)C)C(C)C. The zero-order valence-corrected chi connectivity index (χ0v) is 45.1. The molecule has 310 valence electrons. The average molecular weight is 824 g/mol. The Labute approximate surface area is 355 Å². The predicted molar refractivity (Wildman–Crippen MR) is 267 cm³/mol. The van der Waals surface area contributed by atoms with Crippen LogP contribution >= 0.6 is 0 Å². The molecule has 0 atom stereocenters. The highest BCUT2D eigenvalue weighted by molar-refractivity contribution is 6.92. The number of hydrogen-bond donors (Lipinski definition) is 0. The highest BCUT2D eigenvalue weighted by Crippen LogP contribution is 2.44. The number of allylic oxidation sites excluding steroid dienone is 4. The van der Waals surface area contributed by atoms with Gasteiger partial charge in [-0.05, 0) is 78.3 Å². The lowest BCUT2D eigenvalue weighted by Crippen LogP contribution is -2.43. The van der Waals surface area contributed by atoms with E-state index in [1.165, 1.54) is 0 Å². The summed E-state index contributed by atoms with van der Waals surface area (Å²) in [5.41, 5.74) is 23.9. The Morgan fingerprint density at radius 3 is 0.536 bits per heavy atom. The van der Waals surface area contributed by atoms with Gasteiger partial charge in [-0.3, -0.25) is 0 Å². The van der Waals surface area contributed by atoms with Gasteiger partial charge in [0.2, 0.25) is 0 Å². The van der Waals surface area contributed by atoms with Gasteiger partial charge in [0.05, 0.1) is 11.1 Å². The Morgan fingerprint density at radius 1 is 0.268 bits per heavy atom. The standard InChI is InChI=1S/C52H86Si4/c1-39(2)53(40(3)4,41(5)6)35-31-51(32-36-54(42(7)8,43(9)10)44(11)12)29-27-25-26-28-30-52(33-37-55(45(13)14,46(15)16)47(17)18)34-38-56(48(19)20,49(21)22)50(23)24/h29-30,39-50H,1-24H3. The highest BCUT2D eigenvalue weighted by atomic mass is 28.3. The van der Waals surface area contributed by atoms with Gasteiger partial charge in [0, 0.05) is 12.2 Å². The summed E-state index contributed by atoms with van der Waals surface area (Å²) >= 11 is 0. The molecule has 0 bridgehead atoms. The molecule has 0 fully saturated rings. The first-order chi connectivity index (χ1) is 25.7. The quantitative estimate of drug-likeness (QED) is 0.136. The van der Waals surface area contributed by atoms with Crippen LogP contribution in [-0.4, -0.2) is 32.3 Å². The fourth-order valence-electron chi connectivity index (χ4n) is 10.9. The fourth-order valence-corrected chi connectivity index (χ4v) is 31.8. The molecule has 0 N–H and O–H groups in total. The van der Waals surface area contributed by atoms with E-state index < -0.39 is 32.3 Å². The molecule has 0 saturated heterocycles. The third kappa shape index (κ3) is 12.6. The molecule has 0 aromatic carbocycles. The van der Waals surface area contributed by atoms with Crippen LogP contribution in [0.5, 0.6) is 0 Å². The third-order valence-corrected chi connectivity index (χ3v) is 38.9. The molecule has 4 heteroatoms. The van der Waals surface area contributed by atoms with E-state index in [4.69, 9.17) is 0 Å². The van der Waals surface area contributed by atoms with Crippen molar-refractivity contribution in [2.45, 2.75) is 233 Å². The van der Waals surface area contributed by atoms with Crippen LogP contribution in [0.25, 0.3) is 0 Å². The van der Waals surface area contributed by atoms with Crippen molar-refractivity contribution >= 4 is 32.3 Å². The fraction of sp³-hybridized carbons (Fsp3) is 0.692. The van der Waals surface area contributed by atoms with Gasteiger partial charge in [-0.25, -0.2) is 0 Å². The molecule has 0 heterocycles. The molecule has 0 saturated carbocycles. The summed E-state index contributed by atoms with van der Waals surface area (Å²) < 4.78 is 0.